The molecule has 0 heterocycles. The van der Waals surface area contributed by atoms with Crippen molar-refractivity contribution >= 4 is 0 Å². The first-order chi connectivity index (χ1) is 8.40. The fraction of sp³-hybridized carbons (Fsp3) is 1.00. The molecule has 4 heteroatoms. The maximum absolute atomic E-state index is 12.8. The lowest BCUT2D eigenvalue weighted by atomic mass is 9.74. The van der Waals surface area contributed by atoms with Crippen LogP contribution in [0.5, 0.6) is 0 Å². The highest BCUT2D eigenvalue weighted by atomic mass is 19.4. The Bertz CT molecular complexity index is 240. The Labute approximate surface area is 109 Å². The predicted octanol–water partition coefficient (Wildman–Crippen LogP) is 4.38. The number of hydrogen-bond donors (Lipinski definition) is 1. The van der Waals surface area contributed by atoms with Gasteiger partial charge in [0.1, 0.15) is 0 Å². The molecule has 1 nitrogen and oxygen atoms in total. The second-order valence-corrected chi connectivity index (χ2v) is 5.75. The normalized spacial score (nSPS) is 29.0. The third-order valence-electron chi connectivity index (χ3n) is 4.38. The molecule has 1 rings (SSSR count). The Morgan fingerprint density at radius 1 is 1.28 bits per heavy atom. The molecule has 0 aromatic carbocycles. The Morgan fingerprint density at radius 2 is 1.94 bits per heavy atom. The predicted molar refractivity (Wildman–Crippen MR) is 68.4 cm³/mol. The lowest BCUT2D eigenvalue weighted by molar-refractivity contribution is -0.187. The zero-order valence-corrected chi connectivity index (χ0v) is 11.7. The van der Waals surface area contributed by atoms with Crippen LogP contribution in [0.2, 0.25) is 0 Å². The summed E-state index contributed by atoms with van der Waals surface area (Å²) in [6.45, 7) is 4.28. The molecular weight excluding hydrogens is 239 g/mol. The van der Waals surface area contributed by atoms with E-state index in [2.05, 4.69) is 19.2 Å². The summed E-state index contributed by atoms with van der Waals surface area (Å²) in [4.78, 5) is 0. The van der Waals surface area contributed by atoms with Crippen LogP contribution in [0.3, 0.4) is 0 Å². The SMILES string of the molecule is CCCC(C)C(NC)C1CCCC(C(F)(F)F)C1. The number of alkyl halides is 3. The molecule has 4 atom stereocenters. The molecule has 0 aliphatic heterocycles. The van der Waals surface area contributed by atoms with E-state index in [-0.39, 0.29) is 12.0 Å². The summed E-state index contributed by atoms with van der Waals surface area (Å²) < 4.78 is 38.4. The first kappa shape index (κ1) is 15.8. The molecule has 108 valence electrons. The van der Waals surface area contributed by atoms with Crippen molar-refractivity contribution in [2.24, 2.45) is 17.8 Å². The highest BCUT2D eigenvalue weighted by Crippen LogP contribution is 2.42. The van der Waals surface area contributed by atoms with Gasteiger partial charge in [-0.1, -0.05) is 26.7 Å². The summed E-state index contributed by atoms with van der Waals surface area (Å²) in [6.07, 6.45) is 0.443. The second kappa shape index (κ2) is 6.78. The van der Waals surface area contributed by atoms with Gasteiger partial charge in [0.15, 0.2) is 0 Å². The minimum absolute atomic E-state index is 0.178. The quantitative estimate of drug-likeness (QED) is 0.778. The van der Waals surface area contributed by atoms with Gasteiger partial charge in [0, 0.05) is 6.04 Å². The Kier molecular flexibility index (Phi) is 5.96. The monoisotopic (exact) mass is 265 g/mol. The minimum Gasteiger partial charge on any atom is -0.316 e. The van der Waals surface area contributed by atoms with Crippen molar-refractivity contribution in [3.8, 4) is 0 Å². The van der Waals surface area contributed by atoms with E-state index in [0.29, 0.717) is 25.2 Å². The molecule has 18 heavy (non-hydrogen) atoms. The molecule has 1 aliphatic rings. The minimum atomic E-state index is -4.01. The lowest BCUT2D eigenvalue weighted by Gasteiger charge is -2.38. The average Bonchev–Trinajstić information content (AvgIpc) is 2.29. The van der Waals surface area contributed by atoms with Crippen LogP contribution in [0.15, 0.2) is 0 Å². The summed E-state index contributed by atoms with van der Waals surface area (Å²) in [5.74, 6) is -0.449. The zero-order chi connectivity index (χ0) is 13.8. The zero-order valence-electron chi connectivity index (χ0n) is 11.7. The van der Waals surface area contributed by atoms with Crippen molar-refractivity contribution in [3.63, 3.8) is 0 Å². The van der Waals surface area contributed by atoms with Crippen LogP contribution in [0.1, 0.15) is 52.4 Å². The van der Waals surface area contributed by atoms with Crippen LogP contribution >= 0.6 is 0 Å². The summed E-state index contributed by atoms with van der Waals surface area (Å²) in [6, 6.07) is 0.232. The number of hydrogen-bond acceptors (Lipinski definition) is 1. The maximum Gasteiger partial charge on any atom is 0.391 e. The van der Waals surface area contributed by atoms with Gasteiger partial charge in [0.05, 0.1) is 5.92 Å². The van der Waals surface area contributed by atoms with Gasteiger partial charge in [-0.3, -0.25) is 0 Å². The van der Waals surface area contributed by atoms with E-state index in [1.807, 2.05) is 7.05 Å². The second-order valence-electron chi connectivity index (χ2n) is 5.75. The van der Waals surface area contributed by atoms with E-state index in [0.717, 1.165) is 19.3 Å². The van der Waals surface area contributed by atoms with Gasteiger partial charge in [0.25, 0.3) is 0 Å². The summed E-state index contributed by atoms with van der Waals surface area (Å²) in [5, 5.41) is 3.26. The number of rotatable bonds is 5. The van der Waals surface area contributed by atoms with Gasteiger partial charge in [-0.05, 0) is 44.6 Å². The summed E-state index contributed by atoms with van der Waals surface area (Å²) in [7, 11) is 1.88. The van der Waals surface area contributed by atoms with Crippen LogP contribution in [-0.2, 0) is 0 Å². The van der Waals surface area contributed by atoms with E-state index in [9.17, 15) is 13.2 Å². The van der Waals surface area contributed by atoms with E-state index >= 15 is 0 Å². The highest BCUT2D eigenvalue weighted by molar-refractivity contribution is 4.86. The van der Waals surface area contributed by atoms with E-state index in [1.165, 1.54) is 0 Å². The van der Waals surface area contributed by atoms with Crippen molar-refractivity contribution in [1.29, 1.82) is 0 Å². The number of halogens is 3. The van der Waals surface area contributed by atoms with Crippen molar-refractivity contribution in [3.05, 3.63) is 0 Å². The maximum atomic E-state index is 12.8. The number of nitrogens with one attached hydrogen (secondary N) is 1. The average molecular weight is 265 g/mol. The van der Waals surface area contributed by atoms with Crippen LogP contribution in [0, 0.1) is 17.8 Å². The smallest absolute Gasteiger partial charge is 0.316 e. The molecule has 4 unspecified atom stereocenters. The molecule has 0 aromatic heterocycles. The first-order valence-corrected chi connectivity index (χ1v) is 7.14. The lowest BCUT2D eigenvalue weighted by Crippen LogP contribution is -2.43. The third-order valence-corrected chi connectivity index (χ3v) is 4.38. The molecule has 0 amide bonds. The van der Waals surface area contributed by atoms with Crippen molar-refractivity contribution in [1.82, 2.24) is 5.32 Å². The largest absolute Gasteiger partial charge is 0.391 e. The van der Waals surface area contributed by atoms with Gasteiger partial charge in [0.2, 0.25) is 0 Å². The van der Waals surface area contributed by atoms with Gasteiger partial charge >= 0.3 is 6.18 Å². The Hall–Kier alpha value is -0.250. The first-order valence-electron chi connectivity index (χ1n) is 7.14. The standard InChI is InChI=1S/C14H26F3N/c1-4-6-10(2)13(18-3)11-7-5-8-12(9-11)14(15,16)17/h10-13,18H,4-9H2,1-3H3. The van der Waals surface area contributed by atoms with Crippen molar-refractivity contribution in [2.45, 2.75) is 64.6 Å². The molecule has 0 saturated heterocycles. The van der Waals surface area contributed by atoms with Gasteiger partial charge < -0.3 is 5.32 Å². The molecule has 0 spiro atoms. The van der Waals surface area contributed by atoms with E-state index in [1.54, 1.807) is 0 Å². The summed E-state index contributed by atoms with van der Waals surface area (Å²) in [5.41, 5.74) is 0. The highest BCUT2D eigenvalue weighted by Gasteiger charge is 2.43. The van der Waals surface area contributed by atoms with Gasteiger partial charge in [-0.15, -0.1) is 0 Å². The molecule has 0 aromatic rings. The van der Waals surface area contributed by atoms with Crippen LogP contribution in [0.4, 0.5) is 13.2 Å². The van der Waals surface area contributed by atoms with Crippen molar-refractivity contribution in [2.75, 3.05) is 7.05 Å². The van der Waals surface area contributed by atoms with Gasteiger partial charge in [-0.2, -0.15) is 13.2 Å². The van der Waals surface area contributed by atoms with Crippen LogP contribution < -0.4 is 5.32 Å². The fourth-order valence-corrected chi connectivity index (χ4v) is 3.47. The van der Waals surface area contributed by atoms with Crippen LogP contribution in [-0.4, -0.2) is 19.3 Å². The van der Waals surface area contributed by atoms with Gasteiger partial charge in [-0.25, -0.2) is 0 Å². The molecule has 0 radical (unpaired) electrons. The molecular formula is C14H26F3N. The van der Waals surface area contributed by atoms with E-state index in [4.69, 9.17) is 0 Å². The van der Waals surface area contributed by atoms with Crippen molar-refractivity contribution < 1.29 is 13.2 Å². The summed E-state index contributed by atoms with van der Waals surface area (Å²) >= 11 is 0. The van der Waals surface area contributed by atoms with Crippen LogP contribution in [0.25, 0.3) is 0 Å². The topological polar surface area (TPSA) is 12.0 Å². The van der Waals surface area contributed by atoms with E-state index < -0.39 is 12.1 Å². The Balaban J connectivity index is 2.63. The molecule has 1 fully saturated rings. The Morgan fingerprint density at radius 3 is 2.44 bits per heavy atom. The molecule has 1 aliphatic carbocycles. The molecule has 1 N–H and O–H groups in total. The third kappa shape index (κ3) is 4.15. The fourth-order valence-electron chi connectivity index (χ4n) is 3.47. The molecule has 1 saturated carbocycles. The molecule has 0 bridgehead atoms.